The van der Waals surface area contributed by atoms with Gasteiger partial charge in [-0.2, -0.15) is 0 Å². The molecule has 0 aromatic carbocycles. The molecule has 0 aliphatic heterocycles. The van der Waals surface area contributed by atoms with Crippen molar-refractivity contribution in [3.63, 3.8) is 0 Å². The van der Waals surface area contributed by atoms with Crippen LogP contribution >= 0.6 is 0 Å². The van der Waals surface area contributed by atoms with Crippen molar-refractivity contribution in [1.82, 2.24) is 10.6 Å². The number of methoxy groups -OCH3 is 1. The van der Waals surface area contributed by atoms with E-state index >= 15 is 0 Å². The van der Waals surface area contributed by atoms with Crippen LogP contribution in [0.15, 0.2) is 0 Å². The maximum absolute atomic E-state index is 12.4. The Bertz CT molecular complexity index is 403. The van der Waals surface area contributed by atoms with Crippen molar-refractivity contribution < 1.29 is 29.3 Å². The number of carbonyl (C=O) groups excluding carboxylic acids is 2. The highest BCUT2D eigenvalue weighted by molar-refractivity contribution is 5.76. The van der Waals surface area contributed by atoms with Gasteiger partial charge in [-0.25, -0.2) is 0 Å². The Morgan fingerprint density at radius 2 is 1.76 bits per heavy atom. The highest BCUT2D eigenvalue weighted by atomic mass is 16.6. The van der Waals surface area contributed by atoms with Crippen molar-refractivity contribution in [2.75, 3.05) is 13.7 Å². The monoisotopic (exact) mass is 362 g/mol. The number of ether oxygens (including phenoxy) is 2. The summed E-state index contributed by atoms with van der Waals surface area (Å²) in [5.74, 6) is -0.670. The molecule has 25 heavy (non-hydrogen) atoms. The third-order valence-electron chi connectivity index (χ3n) is 3.90. The van der Waals surface area contributed by atoms with E-state index in [2.05, 4.69) is 10.6 Å². The molecule has 3 atom stereocenters. The lowest BCUT2D eigenvalue weighted by molar-refractivity contribution is -0.161. The van der Waals surface area contributed by atoms with E-state index < -0.39 is 30.1 Å². The number of aliphatic hydroxyl groups is 2. The van der Waals surface area contributed by atoms with E-state index in [-0.39, 0.29) is 31.6 Å². The summed E-state index contributed by atoms with van der Waals surface area (Å²) in [7, 11) is 1.37. The van der Waals surface area contributed by atoms with Crippen LogP contribution in [0.25, 0.3) is 0 Å². The highest BCUT2D eigenvalue weighted by Crippen LogP contribution is 2.16. The minimum absolute atomic E-state index is 0.144. The van der Waals surface area contributed by atoms with Gasteiger partial charge in [-0.3, -0.25) is 14.9 Å². The van der Waals surface area contributed by atoms with Crippen LogP contribution in [0.3, 0.4) is 0 Å². The first-order valence-corrected chi connectivity index (χ1v) is 8.79. The first kappa shape index (κ1) is 23.8. The van der Waals surface area contributed by atoms with Gasteiger partial charge >= 0.3 is 5.97 Å². The molecular formula is C17H34N2O6. The second-order valence-electron chi connectivity index (χ2n) is 6.53. The van der Waals surface area contributed by atoms with E-state index in [0.29, 0.717) is 13.0 Å². The van der Waals surface area contributed by atoms with Crippen LogP contribution in [-0.2, 0) is 19.1 Å². The zero-order chi connectivity index (χ0) is 19.5. The predicted octanol–water partition coefficient (Wildman–Crippen LogP) is 0.656. The number of aliphatic hydroxyl groups excluding tert-OH is 2. The van der Waals surface area contributed by atoms with Crippen LogP contribution in [0, 0.1) is 0 Å². The van der Waals surface area contributed by atoms with E-state index in [0.717, 1.165) is 0 Å². The van der Waals surface area contributed by atoms with E-state index in [1.165, 1.54) is 7.11 Å². The highest BCUT2D eigenvalue weighted by Gasteiger charge is 2.28. The van der Waals surface area contributed by atoms with Crippen molar-refractivity contribution >= 4 is 11.9 Å². The number of hydrogen-bond acceptors (Lipinski definition) is 7. The predicted molar refractivity (Wildman–Crippen MR) is 93.6 cm³/mol. The van der Waals surface area contributed by atoms with Gasteiger partial charge in [-0.05, 0) is 40.0 Å². The Hall–Kier alpha value is -1.22. The molecule has 0 spiro atoms. The Morgan fingerprint density at radius 3 is 2.28 bits per heavy atom. The van der Waals surface area contributed by atoms with E-state index in [1.54, 1.807) is 13.8 Å². The molecule has 0 heterocycles. The fourth-order valence-corrected chi connectivity index (χ4v) is 1.98. The largest absolute Gasteiger partial charge is 0.459 e. The van der Waals surface area contributed by atoms with Crippen molar-refractivity contribution in [2.24, 2.45) is 0 Å². The third kappa shape index (κ3) is 11.1. The number of nitrogens with one attached hydrogen (secondary N) is 2. The lowest BCUT2D eigenvalue weighted by atomic mass is 10.1. The van der Waals surface area contributed by atoms with Gasteiger partial charge in [-0.15, -0.1) is 0 Å². The quantitative estimate of drug-likeness (QED) is 0.281. The first-order chi connectivity index (χ1) is 11.6. The topological polar surface area (TPSA) is 117 Å². The molecule has 0 bridgehead atoms. The molecule has 0 aliphatic carbocycles. The number of hydrogen-bond donors (Lipinski definition) is 4. The van der Waals surface area contributed by atoms with Crippen LogP contribution in [0.1, 0.15) is 59.8 Å². The second-order valence-corrected chi connectivity index (χ2v) is 6.53. The molecule has 0 fully saturated rings. The summed E-state index contributed by atoms with van der Waals surface area (Å²) in [5.41, 5.74) is -0.622. The smallest absolute Gasteiger partial charge is 0.323 e. The first-order valence-electron chi connectivity index (χ1n) is 8.79. The van der Waals surface area contributed by atoms with Crippen LogP contribution in [-0.4, -0.2) is 59.9 Å². The molecule has 8 heteroatoms. The molecule has 0 rings (SSSR count). The van der Waals surface area contributed by atoms with Crippen molar-refractivity contribution in [3.05, 3.63) is 0 Å². The normalized spacial score (nSPS) is 15.3. The molecule has 4 N–H and O–H groups in total. The Morgan fingerprint density at radius 1 is 1.12 bits per heavy atom. The fraction of sp³-hybridized carbons (Fsp3) is 0.882. The van der Waals surface area contributed by atoms with Gasteiger partial charge in [0.2, 0.25) is 5.91 Å². The molecule has 1 amide bonds. The summed E-state index contributed by atoms with van der Waals surface area (Å²) >= 11 is 0. The molecule has 148 valence electrons. The average molecular weight is 362 g/mol. The van der Waals surface area contributed by atoms with E-state index in [9.17, 15) is 19.8 Å². The van der Waals surface area contributed by atoms with Gasteiger partial charge in [0.15, 0.2) is 6.29 Å². The summed E-state index contributed by atoms with van der Waals surface area (Å²) in [6.45, 7) is 7.86. The minimum atomic E-state index is -1.04. The van der Waals surface area contributed by atoms with Crippen molar-refractivity contribution in [2.45, 2.75) is 84.0 Å². The molecule has 8 nitrogen and oxygen atoms in total. The van der Waals surface area contributed by atoms with Crippen molar-refractivity contribution in [1.29, 1.82) is 0 Å². The van der Waals surface area contributed by atoms with Gasteiger partial charge in [0, 0.05) is 26.5 Å². The lowest BCUT2D eigenvalue weighted by Crippen LogP contribution is -2.47. The zero-order valence-electron chi connectivity index (χ0n) is 16.0. The summed E-state index contributed by atoms with van der Waals surface area (Å²) in [6.07, 6.45) is -0.644. The second kappa shape index (κ2) is 12.2. The maximum atomic E-state index is 12.4. The van der Waals surface area contributed by atoms with Crippen molar-refractivity contribution in [3.8, 4) is 0 Å². The van der Waals surface area contributed by atoms with Gasteiger partial charge in [0.25, 0.3) is 0 Å². The lowest BCUT2D eigenvalue weighted by Gasteiger charge is -2.28. The summed E-state index contributed by atoms with van der Waals surface area (Å²) < 4.78 is 10.2. The van der Waals surface area contributed by atoms with Gasteiger partial charge in [0.1, 0.15) is 17.9 Å². The molecule has 0 aliphatic rings. The number of amides is 1. The number of esters is 1. The molecule has 0 radical (unpaired) electrons. The van der Waals surface area contributed by atoms with Crippen LogP contribution in [0.4, 0.5) is 0 Å². The van der Waals surface area contributed by atoms with E-state index in [4.69, 9.17) is 9.47 Å². The molecule has 0 aromatic heterocycles. The third-order valence-corrected chi connectivity index (χ3v) is 3.90. The van der Waals surface area contributed by atoms with Gasteiger partial charge in [0.05, 0.1) is 0 Å². The Labute approximate surface area is 150 Å². The summed E-state index contributed by atoms with van der Waals surface area (Å²) in [6, 6.07) is -0.806. The Kier molecular flexibility index (Phi) is 11.6. The minimum Gasteiger partial charge on any atom is -0.459 e. The number of carbonyl (C=O) groups is 2. The summed E-state index contributed by atoms with van der Waals surface area (Å²) in [4.78, 5) is 23.9. The van der Waals surface area contributed by atoms with Crippen LogP contribution in [0.2, 0.25) is 0 Å². The fourth-order valence-electron chi connectivity index (χ4n) is 1.98. The molecule has 2 unspecified atom stereocenters. The molecule has 0 saturated heterocycles. The maximum Gasteiger partial charge on any atom is 0.323 e. The SMILES string of the molecule is CCNC(=O)CCC(O)N[C@@H](CCC(O)OC)C(=O)OC(C)(C)CC. The van der Waals surface area contributed by atoms with E-state index in [1.807, 2.05) is 13.8 Å². The average Bonchev–Trinajstić information content (AvgIpc) is 2.56. The van der Waals surface area contributed by atoms with Crippen LogP contribution < -0.4 is 10.6 Å². The summed E-state index contributed by atoms with van der Waals surface area (Å²) in [5, 5.41) is 25.0. The Balaban J connectivity index is 4.71. The van der Waals surface area contributed by atoms with Gasteiger partial charge in [-0.1, -0.05) is 6.92 Å². The van der Waals surface area contributed by atoms with Gasteiger partial charge < -0.3 is 25.0 Å². The molecule has 0 aromatic rings. The molecular weight excluding hydrogens is 328 g/mol. The molecule has 0 saturated carbocycles. The number of rotatable bonds is 13. The zero-order valence-corrected chi connectivity index (χ0v) is 16.0. The standard InChI is InChI=1S/C17H34N2O6/c1-6-17(3,4)25-16(23)12(8-11-15(22)24-5)19-14(21)10-9-13(20)18-7-2/h12,14-15,19,21-22H,6-11H2,1-5H3,(H,18,20)/t12-,14?,15?/m0/s1. The van der Waals surface area contributed by atoms with Crippen LogP contribution in [0.5, 0.6) is 0 Å².